The second kappa shape index (κ2) is 7.81. The number of nitrogens with zero attached hydrogens (tertiary/aromatic N) is 1. The van der Waals surface area contributed by atoms with E-state index in [2.05, 4.69) is 0 Å². The van der Waals surface area contributed by atoms with Gasteiger partial charge in [-0.2, -0.15) is 0 Å². The van der Waals surface area contributed by atoms with Gasteiger partial charge < -0.3 is 9.42 Å². The molecule has 0 N–H and O–H groups in total. The summed E-state index contributed by atoms with van der Waals surface area (Å²) < 4.78 is 5.51. The molecule has 0 saturated carbocycles. The third-order valence-electron chi connectivity index (χ3n) is 2.43. The minimum atomic E-state index is -2.14. The Balaban J connectivity index is 2.94. The van der Waals surface area contributed by atoms with Gasteiger partial charge in [-0.05, 0) is 51.7 Å². The zero-order valence-corrected chi connectivity index (χ0v) is 15.3. The van der Waals surface area contributed by atoms with Crippen molar-refractivity contribution in [3.8, 4) is 0 Å². The van der Waals surface area contributed by atoms with E-state index in [1.807, 2.05) is 39.6 Å². The zero-order valence-electron chi connectivity index (χ0n) is 12.0. The van der Waals surface area contributed by atoms with Gasteiger partial charge in [-0.25, -0.2) is 0 Å². The fourth-order valence-corrected chi connectivity index (χ4v) is 5.48. The maximum absolute atomic E-state index is 12.5. The number of hydrogen-bond acceptors (Lipinski definition) is 4. The Morgan fingerprint density at radius 1 is 1.45 bits per heavy atom. The van der Waals surface area contributed by atoms with Gasteiger partial charge in [0, 0.05) is 34.7 Å². The predicted octanol–water partition coefficient (Wildman–Crippen LogP) is 5.38. The highest BCUT2D eigenvalue weighted by molar-refractivity contribution is 8.74. The second-order valence-corrected chi connectivity index (χ2v) is 12.7. The number of amides is 1. The summed E-state index contributed by atoms with van der Waals surface area (Å²) in [6.07, 6.45) is 0. The third-order valence-corrected chi connectivity index (χ3v) is 6.86. The first-order valence-corrected chi connectivity index (χ1v) is 11.2. The molecule has 0 aliphatic rings. The minimum absolute atomic E-state index is 0.0350. The number of anilines is 1. The Kier molecular flexibility index (Phi) is 7.02. The Bertz CT molecular complexity index is 508. The van der Waals surface area contributed by atoms with Crippen LogP contribution < -0.4 is 4.90 Å². The lowest BCUT2D eigenvalue weighted by Gasteiger charge is -2.28. The molecule has 1 atom stereocenters. The van der Waals surface area contributed by atoms with Crippen LogP contribution in [0.2, 0.25) is 5.02 Å². The molecule has 0 bridgehead atoms. The molecule has 0 aliphatic heterocycles. The number of carbonyl (C=O) groups is 1. The molecule has 1 aromatic carbocycles. The van der Waals surface area contributed by atoms with E-state index in [0.29, 0.717) is 11.6 Å². The van der Waals surface area contributed by atoms with Crippen LogP contribution in [0, 0.1) is 0 Å². The molecule has 0 spiro atoms. The molecule has 1 aromatic rings. The number of carbonyl (C=O) groups excluding carboxylic acids is 1. The van der Waals surface area contributed by atoms with E-state index in [4.69, 9.17) is 27.9 Å². The van der Waals surface area contributed by atoms with Crippen molar-refractivity contribution in [2.45, 2.75) is 26.8 Å². The smallest absolute Gasteiger partial charge is 0.293 e. The van der Waals surface area contributed by atoms with Crippen molar-refractivity contribution in [2.75, 3.05) is 18.2 Å². The SMILES string of the molecule is CCOP(C)(=S)SC(=O)N(c1ccc(Cl)cc1)C(C)C. The number of benzene rings is 1. The van der Waals surface area contributed by atoms with Crippen molar-refractivity contribution >= 4 is 51.2 Å². The van der Waals surface area contributed by atoms with Crippen LogP contribution in [-0.2, 0) is 16.3 Å². The van der Waals surface area contributed by atoms with Crippen molar-refractivity contribution < 1.29 is 9.32 Å². The van der Waals surface area contributed by atoms with Crippen LogP contribution in [-0.4, -0.2) is 24.6 Å². The number of halogens is 1. The molecule has 1 rings (SSSR count). The average molecular weight is 352 g/mol. The lowest BCUT2D eigenvalue weighted by molar-refractivity contribution is 0.264. The van der Waals surface area contributed by atoms with Gasteiger partial charge in [-0.15, -0.1) is 0 Å². The maximum atomic E-state index is 12.5. The van der Waals surface area contributed by atoms with Gasteiger partial charge in [-0.1, -0.05) is 23.4 Å². The first kappa shape index (κ1) is 18.0. The monoisotopic (exact) mass is 351 g/mol. The van der Waals surface area contributed by atoms with Crippen LogP contribution in [0.4, 0.5) is 10.5 Å². The topological polar surface area (TPSA) is 29.5 Å². The van der Waals surface area contributed by atoms with Crippen molar-refractivity contribution in [3.63, 3.8) is 0 Å². The lowest BCUT2D eigenvalue weighted by Crippen LogP contribution is -2.34. The molecular formula is C13H19ClNO2PS2. The van der Waals surface area contributed by atoms with Crippen molar-refractivity contribution in [1.82, 2.24) is 0 Å². The average Bonchev–Trinajstić information content (AvgIpc) is 2.30. The highest BCUT2D eigenvalue weighted by Crippen LogP contribution is 2.57. The van der Waals surface area contributed by atoms with E-state index >= 15 is 0 Å². The molecule has 1 amide bonds. The highest BCUT2D eigenvalue weighted by atomic mass is 35.5. The highest BCUT2D eigenvalue weighted by Gasteiger charge is 2.25. The van der Waals surface area contributed by atoms with E-state index in [-0.39, 0.29) is 11.3 Å². The van der Waals surface area contributed by atoms with E-state index < -0.39 is 5.47 Å². The van der Waals surface area contributed by atoms with Gasteiger partial charge in [0.05, 0.1) is 0 Å². The maximum Gasteiger partial charge on any atom is 0.293 e. The van der Waals surface area contributed by atoms with E-state index in [1.165, 1.54) is 0 Å². The van der Waals surface area contributed by atoms with Gasteiger partial charge in [0.2, 0.25) is 0 Å². The van der Waals surface area contributed by atoms with Gasteiger partial charge in [-0.3, -0.25) is 4.79 Å². The van der Waals surface area contributed by atoms with Crippen LogP contribution in [0.15, 0.2) is 24.3 Å². The predicted molar refractivity (Wildman–Crippen MR) is 93.9 cm³/mol. The van der Waals surface area contributed by atoms with E-state index in [1.54, 1.807) is 17.0 Å². The van der Waals surface area contributed by atoms with Crippen molar-refractivity contribution in [2.24, 2.45) is 0 Å². The van der Waals surface area contributed by atoms with Gasteiger partial charge in [0.1, 0.15) is 5.47 Å². The molecule has 1 unspecified atom stereocenters. The summed E-state index contributed by atoms with van der Waals surface area (Å²) in [7, 11) is 0. The van der Waals surface area contributed by atoms with Crippen LogP contribution in [0.1, 0.15) is 20.8 Å². The number of hydrogen-bond donors (Lipinski definition) is 0. The normalized spacial score (nSPS) is 14.1. The molecular weight excluding hydrogens is 333 g/mol. The summed E-state index contributed by atoms with van der Waals surface area (Å²) in [5.74, 6) is 0. The molecule has 0 saturated heterocycles. The fourth-order valence-electron chi connectivity index (χ4n) is 1.66. The summed E-state index contributed by atoms with van der Waals surface area (Å²) in [5.41, 5.74) is -1.33. The van der Waals surface area contributed by atoms with Gasteiger partial charge in [0.15, 0.2) is 0 Å². The Hall–Kier alpha value is -0.0600. The van der Waals surface area contributed by atoms with Crippen LogP contribution in [0.5, 0.6) is 0 Å². The van der Waals surface area contributed by atoms with Crippen LogP contribution >= 0.6 is 28.4 Å². The summed E-state index contributed by atoms with van der Waals surface area (Å²) in [5, 5.41) is 0.564. The largest absolute Gasteiger partial charge is 0.341 e. The summed E-state index contributed by atoms with van der Waals surface area (Å²) >= 11 is 12.4. The lowest BCUT2D eigenvalue weighted by atomic mass is 10.2. The molecule has 0 aliphatic carbocycles. The van der Waals surface area contributed by atoms with Crippen LogP contribution in [0.25, 0.3) is 0 Å². The Morgan fingerprint density at radius 2 is 2.00 bits per heavy atom. The van der Waals surface area contributed by atoms with Gasteiger partial charge >= 0.3 is 0 Å². The first-order chi connectivity index (χ1) is 9.26. The molecule has 3 nitrogen and oxygen atoms in total. The molecule has 7 heteroatoms. The zero-order chi connectivity index (χ0) is 15.3. The summed E-state index contributed by atoms with van der Waals surface area (Å²) in [6, 6.07) is 7.25. The molecule has 0 fully saturated rings. The van der Waals surface area contributed by atoms with Gasteiger partial charge in [0.25, 0.3) is 5.24 Å². The van der Waals surface area contributed by atoms with E-state index in [0.717, 1.165) is 17.1 Å². The fraction of sp³-hybridized carbons (Fsp3) is 0.462. The van der Waals surface area contributed by atoms with Crippen molar-refractivity contribution in [1.29, 1.82) is 0 Å². The molecule has 112 valence electrons. The molecule has 0 heterocycles. The number of rotatable bonds is 5. The second-order valence-electron chi connectivity index (χ2n) is 4.49. The first-order valence-electron chi connectivity index (χ1n) is 6.27. The van der Waals surface area contributed by atoms with E-state index in [9.17, 15) is 4.79 Å². The molecule has 0 aromatic heterocycles. The summed E-state index contributed by atoms with van der Waals surface area (Å²) in [4.78, 5) is 14.2. The quantitative estimate of drug-likeness (QED) is 0.666. The molecule has 20 heavy (non-hydrogen) atoms. The minimum Gasteiger partial charge on any atom is -0.341 e. The van der Waals surface area contributed by atoms with Crippen LogP contribution in [0.3, 0.4) is 0 Å². The van der Waals surface area contributed by atoms with Crippen molar-refractivity contribution in [3.05, 3.63) is 29.3 Å². The molecule has 0 radical (unpaired) electrons. The Morgan fingerprint density at radius 3 is 2.45 bits per heavy atom. The third kappa shape index (κ3) is 5.38. The standard InChI is InChI=1S/C13H19ClNO2PS2/c1-5-17-18(4,19)20-13(16)15(10(2)3)12-8-6-11(14)7-9-12/h6-10H,5H2,1-4H3. The summed E-state index contributed by atoms with van der Waals surface area (Å²) in [6.45, 7) is 8.17. The Labute approximate surface area is 134 Å².